The van der Waals surface area contributed by atoms with Crippen LogP contribution in [0, 0.1) is 11.3 Å². The zero-order valence-corrected chi connectivity index (χ0v) is 20.6. The van der Waals surface area contributed by atoms with Gasteiger partial charge in [0.15, 0.2) is 0 Å². The molecule has 2 rings (SSSR count). The molecule has 1 saturated carbocycles. The molecule has 2 atom stereocenters. The van der Waals surface area contributed by atoms with E-state index in [0.29, 0.717) is 11.8 Å². The molecule has 0 radical (unpaired) electrons. The Hall–Kier alpha value is -1.84. The fraction of sp³-hybridized carbons (Fsp3) is 0.692. The lowest BCUT2D eigenvalue weighted by Crippen LogP contribution is -2.55. The predicted molar refractivity (Wildman–Crippen MR) is 129 cm³/mol. The monoisotopic (exact) mass is 413 g/mol. The van der Waals surface area contributed by atoms with E-state index in [1.807, 2.05) is 6.20 Å². The summed E-state index contributed by atoms with van der Waals surface area (Å²) in [5.41, 5.74) is 4.91. The lowest BCUT2D eigenvalue weighted by atomic mass is 9.87. The van der Waals surface area contributed by atoms with Crippen molar-refractivity contribution >= 4 is 11.6 Å². The minimum absolute atomic E-state index is 0.0873. The van der Waals surface area contributed by atoms with Crippen molar-refractivity contribution in [2.75, 3.05) is 19.6 Å². The van der Waals surface area contributed by atoms with E-state index in [1.54, 1.807) is 0 Å². The van der Waals surface area contributed by atoms with Crippen molar-refractivity contribution < 1.29 is 4.79 Å². The minimum Gasteiger partial charge on any atom is -0.371 e. The Bertz CT molecular complexity index is 739. The molecule has 1 heterocycles. The Morgan fingerprint density at radius 1 is 1.23 bits per heavy atom. The van der Waals surface area contributed by atoms with Gasteiger partial charge < -0.3 is 9.80 Å². The van der Waals surface area contributed by atoms with E-state index in [9.17, 15) is 4.79 Å². The highest BCUT2D eigenvalue weighted by Crippen LogP contribution is 2.47. The van der Waals surface area contributed by atoms with Crippen molar-refractivity contribution in [1.82, 2.24) is 9.80 Å². The zero-order chi connectivity index (χ0) is 22.5. The van der Waals surface area contributed by atoms with Gasteiger partial charge in [0.25, 0.3) is 0 Å². The number of hydrogen-bond acceptors (Lipinski definition) is 3. The second-order valence-electron chi connectivity index (χ2n) is 9.38. The molecule has 2 aliphatic rings. The van der Waals surface area contributed by atoms with Crippen LogP contribution in [0.15, 0.2) is 40.2 Å². The Balaban J connectivity index is 2.33. The van der Waals surface area contributed by atoms with Crippen LogP contribution in [-0.2, 0) is 4.79 Å². The van der Waals surface area contributed by atoms with Gasteiger partial charge in [0, 0.05) is 54.3 Å². The SMILES string of the molecule is C\C=C(C(/C(C)=N/C=C/CC)=C(/C)N1CCN(C(=O)C2(C)CC2)C(C)C1)\C(C)CC. The number of allylic oxidation sites excluding steroid dienone is 5. The standard InChI is InChI=1S/C26H43N3O/c1-9-12-15-27-21(6)24(23(11-3)19(4)10-2)22(7)28-16-17-29(20(5)18-28)25(30)26(8)13-14-26/h11-12,15,19-20H,9-10,13-14,16-18H2,1-8H3/b15-12+,23-11-,24-22-,27-21+. The Labute approximate surface area is 184 Å². The summed E-state index contributed by atoms with van der Waals surface area (Å²) in [4.78, 5) is 22.2. The second kappa shape index (κ2) is 10.5. The summed E-state index contributed by atoms with van der Waals surface area (Å²) in [6, 6.07) is 0.231. The molecule has 0 N–H and O–H groups in total. The van der Waals surface area contributed by atoms with Gasteiger partial charge in [-0.2, -0.15) is 0 Å². The van der Waals surface area contributed by atoms with E-state index in [1.165, 1.54) is 16.8 Å². The summed E-state index contributed by atoms with van der Waals surface area (Å²) in [6.07, 6.45) is 10.5. The molecule has 1 aliphatic heterocycles. The average molecular weight is 414 g/mol. The molecule has 0 aromatic heterocycles. The molecular weight excluding hydrogens is 370 g/mol. The van der Waals surface area contributed by atoms with E-state index in [2.05, 4.69) is 77.3 Å². The highest BCUT2D eigenvalue weighted by Gasteiger charge is 2.48. The van der Waals surface area contributed by atoms with Crippen LogP contribution >= 0.6 is 0 Å². The molecule has 0 aromatic rings. The summed E-state index contributed by atoms with van der Waals surface area (Å²) < 4.78 is 0. The number of carbonyl (C=O) groups excluding carboxylic acids is 1. The number of amides is 1. The predicted octanol–water partition coefficient (Wildman–Crippen LogP) is 5.97. The van der Waals surface area contributed by atoms with Crippen LogP contribution in [0.4, 0.5) is 0 Å². The fourth-order valence-corrected chi connectivity index (χ4v) is 4.38. The van der Waals surface area contributed by atoms with Crippen molar-refractivity contribution in [3.8, 4) is 0 Å². The lowest BCUT2D eigenvalue weighted by molar-refractivity contribution is -0.140. The quantitative estimate of drug-likeness (QED) is 0.363. The van der Waals surface area contributed by atoms with E-state index < -0.39 is 0 Å². The van der Waals surface area contributed by atoms with E-state index >= 15 is 0 Å². The van der Waals surface area contributed by atoms with E-state index in [0.717, 1.165) is 51.0 Å². The van der Waals surface area contributed by atoms with Gasteiger partial charge in [-0.15, -0.1) is 0 Å². The largest absolute Gasteiger partial charge is 0.371 e. The molecule has 1 aliphatic carbocycles. The summed E-state index contributed by atoms with van der Waals surface area (Å²) in [5, 5.41) is 0. The molecule has 30 heavy (non-hydrogen) atoms. The Morgan fingerprint density at radius 3 is 2.40 bits per heavy atom. The van der Waals surface area contributed by atoms with Gasteiger partial charge in [0.2, 0.25) is 5.91 Å². The van der Waals surface area contributed by atoms with E-state index in [-0.39, 0.29) is 11.5 Å². The van der Waals surface area contributed by atoms with Crippen LogP contribution in [0.5, 0.6) is 0 Å². The molecule has 1 amide bonds. The number of rotatable bonds is 8. The maximum atomic E-state index is 12.9. The Kier molecular flexibility index (Phi) is 8.52. The zero-order valence-electron chi connectivity index (χ0n) is 20.6. The van der Waals surface area contributed by atoms with Crippen molar-refractivity contribution in [2.45, 2.75) is 87.1 Å². The molecule has 4 nitrogen and oxygen atoms in total. The van der Waals surface area contributed by atoms with Gasteiger partial charge in [-0.05, 0) is 64.9 Å². The smallest absolute Gasteiger partial charge is 0.228 e. The highest BCUT2D eigenvalue weighted by molar-refractivity contribution is 6.03. The van der Waals surface area contributed by atoms with Gasteiger partial charge >= 0.3 is 0 Å². The molecular formula is C26H43N3O. The third-order valence-corrected chi connectivity index (χ3v) is 6.95. The van der Waals surface area contributed by atoms with Gasteiger partial charge in [-0.3, -0.25) is 9.79 Å². The first kappa shape index (κ1) is 24.4. The molecule has 2 unspecified atom stereocenters. The summed E-state index contributed by atoms with van der Waals surface area (Å²) in [6.45, 7) is 20.1. The van der Waals surface area contributed by atoms with Crippen LogP contribution in [0.2, 0.25) is 0 Å². The topological polar surface area (TPSA) is 35.9 Å². The minimum atomic E-state index is -0.0873. The van der Waals surface area contributed by atoms with Crippen molar-refractivity contribution in [3.05, 3.63) is 35.2 Å². The number of hydrogen-bond donors (Lipinski definition) is 0. The highest BCUT2D eigenvalue weighted by atomic mass is 16.2. The molecule has 0 bridgehead atoms. The fourth-order valence-electron chi connectivity index (χ4n) is 4.38. The summed E-state index contributed by atoms with van der Waals surface area (Å²) >= 11 is 0. The molecule has 4 heteroatoms. The third-order valence-electron chi connectivity index (χ3n) is 6.95. The molecule has 168 valence electrons. The van der Waals surface area contributed by atoms with Crippen LogP contribution in [0.3, 0.4) is 0 Å². The number of aliphatic imine (C=N–C) groups is 1. The van der Waals surface area contributed by atoms with Crippen molar-refractivity contribution in [2.24, 2.45) is 16.3 Å². The first-order valence-corrected chi connectivity index (χ1v) is 11.8. The van der Waals surface area contributed by atoms with Gasteiger partial charge in [0.1, 0.15) is 0 Å². The number of piperazine rings is 1. The maximum absolute atomic E-state index is 12.9. The third kappa shape index (κ3) is 5.44. The molecule has 1 saturated heterocycles. The van der Waals surface area contributed by atoms with E-state index in [4.69, 9.17) is 4.99 Å². The lowest BCUT2D eigenvalue weighted by Gasteiger charge is -2.43. The van der Waals surface area contributed by atoms with Crippen molar-refractivity contribution in [1.29, 1.82) is 0 Å². The van der Waals surface area contributed by atoms with Crippen molar-refractivity contribution in [3.63, 3.8) is 0 Å². The van der Waals surface area contributed by atoms with Gasteiger partial charge in [-0.25, -0.2) is 0 Å². The molecule has 0 aromatic carbocycles. The summed E-state index contributed by atoms with van der Waals surface area (Å²) in [5.74, 6) is 0.836. The van der Waals surface area contributed by atoms with Gasteiger partial charge in [-0.1, -0.05) is 39.8 Å². The van der Waals surface area contributed by atoms with Crippen LogP contribution in [-0.4, -0.2) is 47.1 Å². The second-order valence-corrected chi connectivity index (χ2v) is 9.38. The normalized spacial score (nSPS) is 24.2. The molecule has 2 fully saturated rings. The van der Waals surface area contributed by atoms with Crippen LogP contribution in [0.1, 0.15) is 81.1 Å². The average Bonchev–Trinajstić information content (AvgIpc) is 3.49. The number of carbonyl (C=O) groups is 1. The first-order valence-electron chi connectivity index (χ1n) is 11.8. The summed E-state index contributed by atoms with van der Waals surface area (Å²) in [7, 11) is 0. The number of nitrogens with zero attached hydrogens (tertiary/aromatic N) is 3. The molecule has 0 spiro atoms. The Morgan fingerprint density at radius 2 is 1.90 bits per heavy atom. The van der Waals surface area contributed by atoms with Crippen LogP contribution < -0.4 is 0 Å². The van der Waals surface area contributed by atoms with Gasteiger partial charge in [0.05, 0.1) is 0 Å². The maximum Gasteiger partial charge on any atom is 0.228 e. The first-order chi connectivity index (χ1) is 14.2. The van der Waals surface area contributed by atoms with Crippen LogP contribution in [0.25, 0.3) is 0 Å².